The second-order valence-electron chi connectivity index (χ2n) is 20.1. The van der Waals surface area contributed by atoms with Crippen molar-refractivity contribution in [2.24, 2.45) is 0 Å². The van der Waals surface area contributed by atoms with Gasteiger partial charge in [0.2, 0.25) is 0 Å². The van der Waals surface area contributed by atoms with Crippen LogP contribution in [0, 0.1) is 0 Å². The van der Waals surface area contributed by atoms with Crippen molar-refractivity contribution in [2.45, 2.75) is 75.5 Å². The van der Waals surface area contributed by atoms with Crippen molar-refractivity contribution in [3.8, 4) is 56.4 Å². The van der Waals surface area contributed by atoms with Crippen LogP contribution in [0.2, 0.25) is 0 Å². The quantitative estimate of drug-likeness (QED) is 0.153. The van der Waals surface area contributed by atoms with Gasteiger partial charge in [-0.05, 0) is 115 Å². The minimum atomic E-state index is -0.520. The molecule has 0 saturated heterocycles. The molecule has 12 rings (SSSR count). The van der Waals surface area contributed by atoms with Crippen LogP contribution in [-0.4, -0.2) is 15.0 Å². The van der Waals surface area contributed by atoms with E-state index in [1.54, 1.807) is 5.56 Å². The number of hydrogen-bond donors (Lipinski definition) is 0. The lowest BCUT2D eigenvalue weighted by atomic mass is 9.62. The van der Waals surface area contributed by atoms with Crippen molar-refractivity contribution in [3.05, 3.63) is 244 Å². The SMILES string of the molecule is CC1(C)CCC(C)(C)c2cc3c(cc21)-c1ccccc1[C@H]3CCc1ccc(-c2nc(-c3ccccc3)nc(-c3cccc(C4(c5ccccc5)c5ccccc5-c5ccccc54)c3)n2)cc1. The van der Waals surface area contributed by atoms with Gasteiger partial charge >= 0.3 is 0 Å². The second kappa shape index (κ2) is 15.5. The first-order valence-electron chi connectivity index (χ1n) is 23.7. The van der Waals surface area contributed by atoms with Gasteiger partial charge < -0.3 is 0 Å². The molecule has 3 aliphatic rings. The molecule has 3 nitrogen and oxygen atoms in total. The lowest BCUT2D eigenvalue weighted by molar-refractivity contribution is 0.331. The molecule has 9 aromatic rings. The lowest BCUT2D eigenvalue weighted by Gasteiger charge is -2.42. The van der Waals surface area contributed by atoms with Crippen LogP contribution in [-0.2, 0) is 22.7 Å². The Kier molecular flexibility index (Phi) is 9.43. The first-order chi connectivity index (χ1) is 32.2. The Hall–Kier alpha value is -7.23. The van der Waals surface area contributed by atoms with Gasteiger partial charge in [0.05, 0.1) is 5.41 Å². The van der Waals surface area contributed by atoms with E-state index < -0.39 is 5.41 Å². The molecule has 0 aliphatic heterocycles. The molecule has 0 fully saturated rings. The highest BCUT2D eigenvalue weighted by molar-refractivity contribution is 5.87. The largest absolute Gasteiger partial charge is 0.208 e. The van der Waals surface area contributed by atoms with Crippen LogP contribution in [0.25, 0.3) is 56.4 Å². The molecular weight excluding hydrogens is 799 g/mol. The van der Waals surface area contributed by atoms with Crippen LogP contribution in [0.4, 0.5) is 0 Å². The normalized spacial score (nSPS) is 16.7. The van der Waals surface area contributed by atoms with Gasteiger partial charge in [0.25, 0.3) is 0 Å². The smallest absolute Gasteiger partial charge is 0.164 e. The van der Waals surface area contributed by atoms with E-state index in [4.69, 9.17) is 15.0 Å². The van der Waals surface area contributed by atoms with Crippen LogP contribution in [0.5, 0.6) is 0 Å². The molecule has 66 heavy (non-hydrogen) atoms. The van der Waals surface area contributed by atoms with Gasteiger partial charge in [-0.2, -0.15) is 0 Å². The van der Waals surface area contributed by atoms with E-state index in [1.807, 2.05) is 18.2 Å². The van der Waals surface area contributed by atoms with Gasteiger partial charge in [-0.25, -0.2) is 15.0 Å². The van der Waals surface area contributed by atoms with Gasteiger partial charge in [0.15, 0.2) is 17.5 Å². The van der Waals surface area contributed by atoms with Crippen LogP contribution in [0.3, 0.4) is 0 Å². The van der Waals surface area contributed by atoms with Crippen molar-refractivity contribution in [3.63, 3.8) is 0 Å². The maximum absolute atomic E-state index is 5.27. The summed E-state index contributed by atoms with van der Waals surface area (Å²) in [6, 6.07) is 71.1. The molecule has 1 atom stereocenters. The highest BCUT2D eigenvalue weighted by atomic mass is 15.0. The topological polar surface area (TPSA) is 38.7 Å². The number of fused-ring (bicyclic) bond motifs is 7. The fourth-order valence-corrected chi connectivity index (χ4v) is 11.8. The van der Waals surface area contributed by atoms with E-state index in [0.717, 1.165) is 29.5 Å². The Morgan fingerprint density at radius 2 is 0.894 bits per heavy atom. The van der Waals surface area contributed by atoms with Gasteiger partial charge in [-0.1, -0.05) is 216 Å². The maximum atomic E-state index is 5.27. The Labute approximate surface area is 389 Å². The summed E-state index contributed by atoms with van der Waals surface area (Å²) in [5.41, 5.74) is 20.4. The predicted octanol–water partition coefficient (Wildman–Crippen LogP) is 15.3. The summed E-state index contributed by atoms with van der Waals surface area (Å²) in [6.45, 7) is 9.75. The number of benzene rings is 8. The molecule has 3 heteroatoms. The monoisotopic (exact) mass is 851 g/mol. The number of hydrogen-bond acceptors (Lipinski definition) is 3. The molecule has 0 amide bonds. The Balaban J connectivity index is 0.906. The summed E-state index contributed by atoms with van der Waals surface area (Å²) in [7, 11) is 0. The van der Waals surface area contributed by atoms with Crippen molar-refractivity contribution in [1.82, 2.24) is 15.0 Å². The van der Waals surface area contributed by atoms with Crippen molar-refractivity contribution < 1.29 is 0 Å². The average molecular weight is 852 g/mol. The average Bonchev–Trinajstić information content (AvgIpc) is 3.85. The summed E-state index contributed by atoms with van der Waals surface area (Å²) in [4.78, 5) is 15.6. The van der Waals surface area contributed by atoms with E-state index in [1.165, 1.54) is 79.6 Å². The molecule has 320 valence electrons. The molecule has 0 bridgehead atoms. The molecule has 0 radical (unpaired) electrons. The summed E-state index contributed by atoms with van der Waals surface area (Å²) in [5.74, 6) is 2.34. The van der Waals surface area contributed by atoms with Gasteiger partial charge in [-0.3, -0.25) is 0 Å². The molecule has 1 aromatic heterocycles. The molecule has 0 unspecified atom stereocenters. The van der Waals surface area contributed by atoms with E-state index in [-0.39, 0.29) is 10.8 Å². The summed E-state index contributed by atoms with van der Waals surface area (Å²) in [6.07, 6.45) is 4.47. The summed E-state index contributed by atoms with van der Waals surface area (Å²) in [5, 5.41) is 0. The predicted molar refractivity (Wildman–Crippen MR) is 271 cm³/mol. The van der Waals surface area contributed by atoms with Crippen molar-refractivity contribution in [2.75, 3.05) is 0 Å². The van der Waals surface area contributed by atoms with E-state index in [0.29, 0.717) is 23.4 Å². The van der Waals surface area contributed by atoms with Gasteiger partial charge in [0.1, 0.15) is 0 Å². The number of nitrogens with zero attached hydrogens (tertiary/aromatic N) is 3. The van der Waals surface area contributed by atoms with E-state index in [9.17, 15) is 0 Å². The van der Waals surface area contributed by atoms with Crippen LogP contribution < -0.4 is 0 Å². The molecule has 0 saturated carbocycles. The van der Waals surface area contributed by atoms with Gasteiger partial charge in [0, 0.05) is 22.6 Å². The summed E-state index contributed by atoms with van der Waals surface area (Å²) >= 11 is 0. The Morgan fingerprint density at radius 1 is 0.394 bits per heavy atom. The molecule has 0 N–H and O–H groups in total. The van der Waals surface area contributed by atoms with Crippen molar-refractivity contribution >= 4 is 0 Å². The highest BCUT2D eigenvalue weighted by Gasteiger charge is 2.46. The standard InChI is InChI=1S/C63H53N3/c1-61(2)36-37-62(3,4)57-40-53-49(47-24-11-12-25-48(47)52(53)39-56(57)61)35-32-41-30-33-43(34-31-41)59-64-58(42-18-7-5-8-19-42)65-60(66-59)44-20-17-23-46(38-44)63(45-21-9-6-10-22-45)54-28-15-13-26-50(54)51-27-14-16-29-55(51)63/h5-31,33-34,38-40,49H,32,35-37H2,1-4H3/t49-/m1/s1. The second-order valence-corrected chi connectivity index (χ2v) is 20.1. The highest BCUT2D eigenvalue weighted by Crippen LogP contribution is 2.57. The van der Waals surface area contributed by atoms with Crippen LogP contribution in [0.1, 0.15) is 103 Å². The number of aryl methyl sites for hydroxylation is 1. The van der Waals surface area contributed by atoms with Crippen molar-refractivity contribution in [1.29, 1.82) is 0 Å². The lowest BCUT2D eigenvalue weighted by Crippen LogP contribution is -2.34. The third-order valence-electron chi connectivity index (χ3n) is 15.3. The number of rotatable bonds is 8. The third-order valence-corrected chi connectivity index (χ3v) is 15.3. The van der Waals surface area contributed by atoms with Gasteiger partial charge in [-0.15, -0.1) is 0 Å². The fraction of sp³-hybridized carbons (Fsp3) is 0.190. The maximum Gasteiger partial charge on any atom is 0.164 e. The number of aromatic nitrogens is 3. The van der Waals surface area contributed by atoms with Crippen LogP contribution in [0.15, 0.2) is 194 Å². The Bertz CT molecular complexity index is 3260. The first-order valence-corrected chi connectivity index (χ1v) is 23.7. The minimum absolute atomic E-state index is 0.172. The molecule has 8 aromatic carbocycles. The zero-order valence-electron chi connectivity index (χ0n) is 38.2. The zero-order valence-corrected chi connectivity index (χ0v) is 38.2. The zero-order chi connectivity index (χ0) is 44.6. The molecule has 1 heterocycles. The van der Waals surface area contributed by atoms with Crippen LogP contribution >= 0.6 is 0 Å². The minimum Gasteiger partial charge on any atom is -0.208 e. The molecular formula is C63H53N3. The summed E-state index contributed by atoms with van der Waals surface area (Å²) < 4.78 is 0. The molecule has 0 spiro atoms. The molecule has 3 aliphatic carbocycles. The Morgan fingerprint density at radius 3 is 1.55 bits per heavy atom. The first kappa shape index (κ1) is 40.3. The fourth-order valence-electron chi connectivity index (χ4n) is 11.8. The van der Waals surface area contributed by atoms with E-state index in [2.05, 4.69) is 204 Å². The van der Waals surface area contributed by atoms with E-state index >= 15 is 0 Å². The third kappa shape index (κ3) is 6.43.